The van der Waals surface area contributed by atoms with Crippen LogP contribution >= 0.6 is 0 Å². The summed E-state index contributed by atoms with van der Waals surface area (Å²) in [4.78, 5) is 4.28. The zero-order valence-electron chi connectivity index (χ0n) is 9.80. The molecule has 17 heavy (non-hydrogen) atoms. The van der Waals surface area contributed by atoms with Gasteiger partial charge in [0.25, 0.3) is 0 Å². The molecule has 0 aliphatic heterocycles. The molecule has 0 spiro atoms. The van der Waals surface area contributed by atoms with Crippen LogP contribution in [0.15, 0.2) is 24.5 Å². The largest absolute Gasteiger partial charge is 0.395 e. The lowest BCUT2D eigenvalue weighted by Crippen LogP contribution is -2.35. The Morgan fingerprint density at radius 2 is 2.12 bits per heavy atom. The standard InChI is InChI=1S/C12H17N3O2/c1-15-8-14-11-4-9(2-3-12(11)15)5-13-10(6-16)7-17/h2-4,8,10,13,16-17H,5-7H2,1H3. The molecule has 92 valence electrons. The average Bonchev–Trinajstić information content (AvgIpc) is 2.72. The molecule has 0 aliphatic rings. The molecule has 0 saturated heterocycles. The molecule has 0 saturated carbocycles. The molecule has 0 radical (unpaired) electrons. The van der Waals surface area contributed by atoms with E-state index in [4.69, 9.17) is 10.2 Å². The van der Waals surface area contributed by atoms with Crippen molar-refractivity contribution in [2.45, 2.75) is 12.6 Å². The van der Waals surface area contributed by atoms with E-state index in [2.05, 4.69) is 10.3 Å². The van der Waals surface area contributed by atoms with Gasteiger partial charge in [-0.05, 0) is 17.7 Å². The maximum absolute atomic E-state index is 8.94. The molecule has 5 nitrogen and oxygen atoms in total. The Bertz CT molecular complexity index is 491. The minimum absolute atomic E-state index is 0.0671. The maximum atomic E-state index is 8.94. The van der Waals surface area contributed by atoms with Crippen LogP contribution in [0.25, 0.3) is 11.0 Å². The van der Waals surface area contributed by atoms with Crippen molar-refractivity contribution < 1.29 is 10.2 Å². The predicted octanol–water partition coefficient (Wildman–Crippen LogP) is 0.0161. The van der Waals surface area contributed by atoms with E-state index in [9.17, 15) is 0 Å². The van der Waals surface area contributed by atoms with Crippen molar-refractivity contribution in [3.05, 3.63) is 30.1 Å². The SMILES string of the molecule is Cn1cnc2cc(CNC(CO)CO)ccc21. The van der Waals surface area contributed by atoms with E-state index in [0.717, 1.165) is 16.6 Å². The average molecular weight is 235 g/mol. The highest BCUT2D eigenvalue weighted by Crippen LogP contribution is 2.13. The molecular weight excluding hydrogens is 218 g/mol. The highest BCUT2D eigenvalue weighted by Gasteiger charge is 2.05. The van der Waals surface area contributed by atoms with E-state index >= 15 is 0 Å². The van der Waals surface area contributed by atoms with Crippen molar-refractivity contribution in [1.29, 1.82) is 0 Å². The molecule has 0 atom stereocenters. The van der Waals surface area contributed by atoms with Crippen molar-refractivity contribution in [2.24, 2.45) is 7.05 Å². The number of aromatic nitrogens is 2. The van der Waals surface area contributed by atoms with E-state index in [1.54, 1.807) is 6.33 Å². The molecule has 2 rings (SSSR count). The Balaban J connectivity index is 2.09. The number of fused-ring (bicyclic) bond motifs is 1. The van der Waals surface area contributed by atoms with Crippen LogP contribution in [0.3, 0.4) is 0 Å². The third-order valence-corrected chi connectivity index (χ3v) is 2.83. The lowest BCUT2D eigenvalue weighted by Gasteiger charge is -2.13. The Morgan fingerprint density at radius 1 is 1.35 bits per heavy atom. The fourth-order valence-electron chi connectivity index (χ4n) is 1.74. The van der Waals surface area contributed by atoms with E-state index in [1.807, 2.05) is 29.8 Å². The second-order valence-corrected chi connectivity index (χ2v) is 4.12. The topological polar surface area (TPSA) is 70.3 Å². The second kappa shape index (κ2) is 5.27. The fourth-order valence-corrected chi connectivity index (χ4v) is 1.74. The Labute approximate surface area is 99.7 Å². The van der Waals surface area contributed by atoms with Crippen LogP contribution in [0.5, 0.6) is 0 Å². The van der Waals surface area contributed by atoms with Gasteiger partial charge in [0.15, 0.2) is 0 Å². The number of hydrogen-bond donors (Lipinski definition) is 3. The van der Waals surface area contributed by atoms with Crippen molar-refractivity contribution in [3.8, 4) is 0 Å². The zero-order valence-corrected chi connectivity index (χ0v) is 9.80. The van der Waals surface area contributed by atoms with Gasteiger partial charge in [-0.15, -0.1) is 0 Å². The number of aliphatic hydroxyl groups excluding tert-OH is 2. The normalized spacial score (nSPS) is 11.5. The summed E-state index contributed by atoms with van der Waals surface area (Å²) in [7, 11) is 1.96. The predicted molar refractivity (Wildman–Crippen MR) is 65.5 cm³/mol. The third-order valence-electron chi connectivity index (χ3n) is 2.83. The molecule has 5 heteroatoms. The van der Waals surface area contributed by atoms with Gasteiger partial charge < -0.3 is 20.1 Å². The third kappa shape index (κ3) is 2.63. The first-order chi connectivity index (χ1) is 8.24. The van der Waals surface area contributed by atoms with Gasteiger partial charge in [-0.2, -0.15) is 0 Å². The van der Waals surface area contributed by atoms with Crippen LogP contribution in [0.1, 0.15) is 5.56 Å². The summed E-state index contributed by atoms with van der Waals surface area (Å²) >= 11 is 0. The van der Waals surface area contributed by atoms with Gasteiger partial charge in [0, 0.05) is 13.6 Å². The van der Waals surface area contributed by atoms with Crippen LogP contribution in [0.4, 0.5) is 0 Å². The van der Waals surface area contributed by atoms with Crippen molar-refractivity contribution in [3.63, 3.8) is 0 Å². The van der Waals surface area contributed by atoms with E-state index in [0.29, 0.717) is 6.54 Å². The lowest BCUT2D eigenvalue weighted by molar-refractivity contribution is 0.170. The number of aryl methyl sites for hydroxylation is 1. The Morgan fingerprint density at radius 3 is 2.82 bits per heavy atom. The fraction of sp³-hybridized carbons (Fsp3) is 0.417. The summed E-state index contributed by atoms with van der Waals surface area (Å²) in [6, 6.07) is 5.78. The summed E-state index contributed by atoms with van der Waals surface area (Å²) in [5.74, 6) is 0. The van der Waals surface area contributed by atoms with Crippen molar-refractivity contribution >= 4 is 11.0 Å². The summed E-state index contributed by atoms with van der Waals surface area (Å²) in [6.45, 7) is 0.475. The van der Waals surface area contributed by atoms with E-state index < -0.39 is 0 Å². The first-order valence-corrected chi connectivity index (χ1v) is 5.59. The van der Waals surface area contributed by atoms with Gasteiger partial charge >= 0.3 is 0 Å². The molecule has 2 aromatic rings. The molecule has 1 heterocycles. The quantitative estimate of drug-likeness (QED) is 0.683. The van der Waals surface area contributed by atoms with E-state index in [-0.39, 0.29) is 19.3 Å². The van der Waals surface area contributed by atoms with Crippen LogP contribution in [0.2, 0.25) is 0 Å². The molecule has 0 fully saturated rings. The molecule has 0 unspecified atom stereocenters. The van der Waals surface area contributed by atoms with Crippen LogP contribution < -0.4 is 5.32 Å². The number of imidazole rings is 1. The lowest BCUT2D eigenvalue weighted by atomic mass is 10.2. The Kier molecular flexibility index (Phi) is 3.73. The number of nitrogens with one attached hydrogen (secondary N) is 1. The number of aliphatic hydroxyl groups is 2. The minimum Gasteiger partial charge on any atom is -0.395 e. The van der Waals surface area contributed by atoms with Gasteiger partial charge in [0.1, 0.15) is 0 Å². The number of nitrogens with zero attached hydrogens (tertiary/aromatic N) is 2. The Hall–Kier alpha value is -1.43. The second-order valence-electron chi connectivity index (χ2n) is 4.12. The molecular formula is C12H17N3O2. The molecule has 0 amide bonds. The van der Waals surface area contributed by atoms with Gasteiger partial charge in [0.05, 0.1) is 36.6 Å². The highest BCUT2D eigenvalue weighted by atomic mass is 16.3. The van der Waals surface area contributed by atoms with Crippen molar-refractivity contribution in [1.82, 2.24) is 14.9 Å². The smallest absolute Gasteiger partial charge is 0.0955 e. The van der Waals surface area contributed by atoms with Gasteiger partial charge in [0.2, 0.25) is 0 Å². The summed E-state index contributed by atoms with van der Waals surface area (Å²) in [6.07, 6.45) is 1.78. The molecule has 0 aliphatic carbocycles. The van der Waals surface area contributed by atoms with Crippen molar-refractivity contribution in [2.75, 3.05) is 13.2 Å². The van der Waals surface area contributed by atoms with Gasteiger partial charge in [-0.1, -0.05) is 6.07 Å². The van der Waals surface area contributed by atoms with E-state index in [1.165, 1.54) is 0 Å². The highest BCUT2D eigenvalue weighted by molar-refractivity contribution is 5.75. The molecule has 3 N–H and O–H groups in total. The number of hydrogen-bond acceptors (Lipinski definition) is 4. The first-order valence-electron chi connectivity index (χ1n) is 5.59. The summed E-state index contributed by atoms with van der Waals surface area (Å²) < 4.78 is 1.97. The number of benzene rings is 1. The maximum Gasteiger partial charge on any atom is 0.0955 e. The molecule has 1 aromatic carbocycles. The first kappa shape index (κ1) is 12.0. The van der Waals surface area contributed by atoms with Gasteiger partial charge in [-0.25, -0.2) is 4.98 Å². The van der Waals surface area contributed by atoms with Crippen LogP contribution in [-0.4, -0.2) is 39.0 Å². The summed E-state index contributed by atoms with van der Waals surface area (Å²) in [5, 5.41) is 21.0. The van der Waals surface area contributed by atoms with Gasteiger partial charge in [-0.3, -0.25) is 0 Å². The van der Waals surface area contributed by atoms with Crippen LogP contribution in [0, 0.1) is 0 Å². The monoisotopic (exact) mass is 235 g/mol. The van der Waals surface area contributed by atoms with Crippen LogP contribution in [-0.2, 0) is 13.6 Å². The minimum atomic E-state index is -0.269. The molecule has 1 aromatic heterocycles. The summed E-state index contributed by atoms with van der Waals surface area (Å²) in [5.41, 5.74) is 3.13. The number of rotatable bonds is 5. The zero-order chi connectivity index (χ0) is 12.3. The molecule has 0 bridgehead atoms.